The van der Waals surface area contributed by atoms with Crippen LogP contribution in [0.1, 0.15) is 5.56 Å². The summed E-state index contributed by atoms with van der Waals surface area (Å²) >= 11 is 0. The molecule has 0 saturated heterocycles. The van der Waals surface area contributed by atoms with Crippen molar-refractivity contribution in [2.45, 2.75) is 0 Å². The summed E-state index contributed by atoms with van der Waals surface area (Å²) in [7, 11) is 1.78. The van der Waals surface area contributed by atoms with Gasteiger partial charge in [0, 0.05) is 24.1 Å². The first-order valence-electron chi connectivity index (χ1n) is 6.36. The summed E-state index contributed by atoms with van der Waals surface area (Å²) in [4.78, 5) is 12.1. The second-order valence-corrected chi connectivity index (χ2v) is 4.70. The highest BCUT2D eigenvalue weighted by molar-refractivity contribution is 5.94. The smallest absolute Gasteiger partial charge is 0.251 e. The van der Waals surface area contributed by atoms with Crippen molar-refractivity contribution < 1.29 is 0 Å². The molecule has 2 aromatic carbocycles. The van der Waals surface area contributed by atoms with E-state index < -0.39 is 0 Å². The molecule has 2 heteroatoms. The lowest BCUT2D eigenvalue weighted by molar-refractivity contribution is 0.907. The van der Waals surface area contributed by atoms with Gasteiger partial charge < -0.3 is 4.57 Å². The van der Waals surface area contributed by atoms with Gasteiger partial charge in [-0.3, -0.25) is 4.79 Å². The maximum Gasteiger partial charge on any atom is 0.251 e. The molecule has 0 N–H and O–H groups in total. The van der Waals surface area contributed by atoms with E-state index in [-0.39, 0.29) is 5.56 Å². The van der Waals surface area contributed by atoms with Crippen molar-refractivity contribution in [1.29, 1.82) is 0 Å². The van der Waals surface area contributed by atoms with Gasteiger partial charge in [-0.25, -0.2) is 0 Å². The lowest BCUT2D eigenvalue weighted by atomic mass is 9.99. The molecular formula is C18H13NO. The van der Waals surface area contributed by atoms with E-state index in [9.17, 15) is 4.79 Å². The Hall–Kier alpha value is -2.79. The van der Waals surface area contributed by atoms with Crippen LogP contribution in [0.25, 0.3) is 22.0 Å². The number of rotatable bonds is 1. The Morgan fingerprint density at radius 3 is 2.65 bits per heavy atom. The molecule has 0 aliphatic carbocycles. The van der Waals surface area contributed by atoms with Gasteiger partial charge in [0.15, 0.2) is 0 Å². The predicted octanol–water partition coefficient (Wildman–Crippen LogP) is 3.19. The molecule has 1 heterocycles. The zero-order chi connectivity index (χ0) is 14.1. The number of fused-ring (bicyclic) bond motifs is 1. The minimum atomic E-state index is -0.0233. The van der Waals surface area contributed by atoms with Crippen LogP contribution in [0.2, 0.25) is 0 Å². The van der Waals surface area contributed by atoms with E-state index in [4.69, 9.17) is 6.42 Å². The van der Waals surface area contributed by atoms with E-state index in [1.165, 1.54) is 0 Å². The molecule has 0 spiro atoms. The third-order valence-electron chi connectivity index (χ3n) is 3.49. The van der Waals surface area contributed by atoms with Crippen LogP contribution in [0.5, 0.6) is 0 Å². The van der Waals surface area contributed by atoms with Gasteiger partial charge in [-0.15, -0.1) is 6.42 Å². The van der Waals surface area contributed by atoms with Crippen molar-refractivity contribution in [2.75, 3.05) is 0 Å². The zero-order valence-corrected chi connectivity index (χ0v) is 11.1. The van der Waals surface area contributed by atoms with Gasteiger partial charge in [0.2, 0.25) is 0 Å². The maximum atomic E-state index is 12.1. The van der Waals surface area contributed by atoms with Crippen molar-refractivity contribution in [3.05, 3.63) is 70.5 Å². The van der Waals surface area contributed by atoms with E-state index in [0.717, 1.165) is 27.6 Å². The van der Waals surface area contributed by atoms with Crippen LogP contribution in [0, 0.1) is 12.3 Å². The van der Waals surface area contributed by atoms with Crippen LogP contribution in [-0.4, -0.2) is 4.57 Å². The number of terminal acetylenes is 1. The van der Waals surface area contributed by atoms with Crippen molar-refractivity contribution in [1.82, 2.24) is 4.57 Å². The predicted molar refractivity (Wildman–Crippen MR) is 82.6 cm³/mol. The fourth-order valence-corrected chi connectivity index (χ4v) is 2.43. The van der Waals surface area contributed by atoms with Crippen molar-refractivity contribution >= 4 is 10.9 Å². The van der Waals surface area contributed by atoms with Gasteiger partial charge in [-0.1, -0.05) is 36.3 Å². The minimum absolute atomic E-state index is 0.0233. The second kappa shape index (κ2) is 4.71. The van der Waals surface area contributed by atoms with Crippen LogP contribution in [0.3, 0.4) is 0 Å². The fourth-order valence-electron chi connectivity index (χ4n) is 2.43. The number of para-hydroxylation sites is 1. The molecule has 0 radical (unpaired) electrons. The van der Waals surface area contributed by atoms with E-state index in [1.54, 1.807) is 17.7 Å². The number of benzene rings is 2. The normalized spacial score (nSPS) is 10.4. The molecule has 1 aromatic heterocycles. The average molecular weight is 259 g/mol. The first-order valence-corrected chi connectivity index (χ1v) is 6.36. The standard InChI is InChI=1S/C18H13NO/c1-3-13-7-6-8-14(11-13)16-12-18(20)19(2)17-10-5-4-9-15(16)17/h1,4-12H,2H3. The SMILES string of the molecule is C#Cc1cccc(-c2cc(=O)n(C)c3ccccc23)c1. The van der Waals surface area contributed by atoms with Gasteiger partial charge >= 0.3 is 0 Å². The van der Waals surface area contributed by atoms with Crippen molar-refractivity contribution in [2.24, 2.45) is 7.05 Å². The Bertz CT molecular complexity index is 897. The second-order valence-electron chi connectivity index (χ2n) is 4.70. The first kappa shape index (κ1) is 12.3. The Balaban J connectivity index is 2.40. The fraction of sp³-hybridized carbons (Fsp3) is 0.0556. The van der Waals surface area contributed by atoms with Gasteiger partial charge in [-0.05, 0) is 29.3 Å². The molecule has 3 rings (SSSR count). The summed E-state index contributed by atoms with van der Waals surface area (Å²) in [5.41, 5.74) is 3.59. The van der Waals surface area contributed by atoms with E-state index >= 15 is 0 Å². The molecule has 0 unspecified atom stereocenters. The number of aromatic nitrogens is 1. The van der Waals surface area contributed by atoms with Gasteiger partial charge in [0.25, 0.3) is 5.56 Å². The summed E-state index contributed by atoms with van der Waals surface area (Å²) in [6.07, 6.45) is 5.45. The molecule has 2 nitrogen and oxygen atoms in total. The van der Waals surface area contributed by atoms with Gasteiger partial charge in [-0.2, -0.15) is 0 Å². The Kier molecular flexibility index (Phi) is 2.89. The molecule has 0 atom stereocenters. The highest BCUT2D eigenvalue weighted by atomic mass is 16.1. The highest BCUT2D eigenvalue weighted by Crippen LogP contribution is 2.27. The minimum Gasteiger partial charge on any atom is -0.311 e. The van der Waals surface area contributed by atoms with Gasteiger partial charge in [0.1, 0.15) is 0 Å². The number of pyridine rings is 1. The topological polar surface area (TPSA) is 22.0 Å². The molecule has 0 aliphatic rings. The summed E-state index contributed by atoms with van der Waals surface area (Å²) in [6, 6.07) is 17.2. The summed E-state index contributed by atoms with van der Waals surface area (Å²) in [5.74, 6) is 2.63. The third-order valence-corrected chi connectivity index (χ3v) is 3.49. The molecule has 0 amide bonds. The lowest BCUT2D eigenvalue weighted by Crippen LogP contribution is -2.16. The third kappa shape index (κ3) is 1.90. The van der Waals surface area contributed by atoms with E-state index in [0.29, 0.717) is 0 Å². The zero-order valence-electron chi connectivity index (χ0n) is 11.1. The van der Waals surface area contributed by atoms with Crippen LogP contribution >= 0.6 is 0 Å². The van der Waals surface area contributed by atoms with E-state index in [1.807, 2.05) is 48.5 Å². The first-order chi connectivity index (χ1) is 9.70. The summed E-state index contributed by atoms with van der Waals surface area (Å²) < 4.78 is 1.66. The molecule has 0 fully saturated rings. The molecule has 0 saturated carbocycles. The maximum absolute atomic E-state index is 12.1. The Morgan fingerprint density at radius 1 is 1.05 bits per heavy atom. The number of aryl methyl sites for hydroxylation is 1. The Labute approximate surface area is 117 Å². The van der Waals surface area contributed by atoms with Crippen molar-refractivity contribution in [3.8, 4) is 23.5 Å². The molecule has 0 bridgehead atoms. The quantitative estimate of drug-likeness (QED) is 0.615. The molecule has 0 aliphatic heterocycles. The average Bonchev–Trinajstić information content (AvgIpc) is 2.51. The molecule has 3 aromatic rings. The summed E-state index contributed by atoms with van der Waals surface area (Å²) in [6.45, 7) is 0. The number of hydrogen-bond acceptors (Lipinski definition) is 1. The van der Waals surface area contributed by atoms with Gasteiger partial charge in [0.05, 0.1) is 5.52 Å². The van der Waals surface area contributed by atoms with Crippen molar-refractivity contribution in [3.63, 3.8) is 0 Å². The highest BCUT2D eigenvalue weighted by Gasteiger charge is 2.08. The van der Waals surface area contributed by atoms with Crippen LogP contribution in [-0.2, 0) is 7.05 Å². The number of hydrogen-bond donors (Lipinski definition) is 0. The van der Waals surface area contributed by atoms with Crippen LogP contribution in [0.4, 0.5) is 0 Å². The lowest BCUT2D eigenvalue weighted by Gasteiger charge is -2.10. The van der Waals surface area contributed by atoms with Crippen LogP contribution in [0.15, 0.2) is 59.4 Å². The molecule has 20 heavy (non-hydrogen) atoms. The summed E-state index contributed by atoms with van der Waals surface area (Å²) in [5, 5.41) is 1.05. The largest absolute Gasteiger partial charge is 0.311 e. The molecular weight excluding hydrogens is 246 g/mol. The van der Waals surface area contributed by atoms with Crippen LogP contribution < -0.4 is 5.56 Å². The number of nitrogens with zero attached hydrogens (tertiary/aromatic N) is 1. The van der Waals surface area contributed by atoms with E-state index in [2.05, 4.69) is 5.92 Å². The molecule has 96 valence electrons. The Morgan fingerprint density at radius 2 is 1.85 bits per heavy atom. The monoisotopic (exact) mass is 259 g/mol.